The van der Waals surface area contributed by atoms with Crippen molar-refractivity contribution in [2.75, 3.05) is 32.7 Å². The molecular formula is C24H24ClN3O4. The lowest BCUT2D eigenvalue weighted by atomic mass is 10.0. The van der Waals surface area contributed by atoms with Crippen LogP contribution < -0.4 is 0 Å². The number of phenolic OH excluding ortho intramolecular Hbond substituents is 1. The molecule has 32 heavy (non-hydrogen) atoms. The predicted molar refractivity (Wildman–Crippen MR) is 121 cm³/mol. The molecule has 0 bridgehead atoms. The highest BCUT2D eigenvalue weighted by Gasteiger charge is 2.31. The fourth-order valence-electron chi connectivity index (χ4n) is 4.55. The monoisotopic (exact) mass is 453 g/mol. The summed E-state index contributed by atoms with van der Waals surface area (Å²) < 4.78 is 5.47. The topological polar surface area (TPSA) is 85.9 Å². The lowest BCUT2D eigenvalue weighted by molar-refractivity contribution is 0.0353. The molecule has 0 radical (unpaired) electrons. The normalized spacial score (nSPS) is 18.7. The number of nitrogens with one attached hydrogen (secondary N) is 1. The number of esters is 1. The van der Waals surface area contributed by atoms with E-state index in [0.717, 1.165) is 42.5 Å². The highest BCUT2D eigenvalue weighted by molar-refractivity contribution is 6.35. The minimum atomic E-state index is -0.324. The van der Waals surface area contributed by atoms with Crippen LogP contribution in [0.2, 0.25) is 5.02 Å². The van der Waals surface area contributed by atoms with E-state index in [0.29, 0.717) is 35.8 Å². The van der Waals surface area contributed by atoms with Crippen LogP contribution in [0.4, 0.5) is 0 Å². The van der Waals surface area contributed by atoms with Crippen molar-refractivity contribution < 1.29 is 19.4 Å². The van der Waals surface area contributed by atoms with Gasteiger partial charge >= 0.3 is 5.97 Å². The van der Waals surface area contributed by atoms with Crippen molar-refractivity contribution >= 4 is 34.4 Å². The minimum Gasteiger partial charge on any atom is -0.508 e. The van der Waals surface area contributed by atoms with E-state index >= 15 is 0 Å². The Labute approximate surface area is 190 Å². The van der Waals surface area contributed by atoms with Gasteiger partial charge < -0.3 is 19.7 Å². The summed E-state index contributed by atoms with van der Waals surface area (Å²) in [5, 5.41) is 11.3. The fraction of sp³-hybridized carbons (Fsp3) is 0.333. The van der Waals surface area contributed by atoms with Crippen molar-refractivity contribution in [3.05, 3.63) is 64.3 Å². The molecule has 0 saturated carbocycles. The van der Waals surface area contributed by atoms with Crippen LogP contribution in [0.1, 0.15) is 45.4 Å². The number of hydrogen-bond acceptors (Lipinski definition) is 5. The van der Waals surface area contributed by atoms with Gasteiger partial charge in [0.05, 0.1) is 16.1 Å². The van der Waals surface area contributed by atoms with Crippen LogP contribution >= 0.6 is 11.6 Å². The predicted octanol–water partition coefficient (Wildman–Crippen LogP) is 3.98. The van der Waals surface area contributed by atoms with Gasteiger partial charge in [0.25, 0.3) is 5.91 Å². The summed E-state index contributed by atoms with van der Waals surface area (Å²) in [4.78, 5) is 32.2. The number of nitrogens with zero attached hydrogens (tertiary/aromatic N) is 2. The van der Waals surface area contributed by atoms with Gasteiger partial charge in [-0.1, -0.05) is 23.7 Å². The minimum absolute atomic E-state index is 0.00815. The third kappa shape index (κ3) is 3.94. The van der Waals surface area contributed by atoms with Crippen LogP contribution in [-0.4, -0.2) is 64.5 Å². The van der Waals surface area contributed by atoms with Crippen molar-refractivity contribution in [3.8, 4) is 5.75 Å². The Morgan fingerprint density at radius 2 is 1.97 bits per heavy atom. The molecule has 0 spiro atoms. The molecule has 2 N–H and O–H groups in total. The molecule has 1 fully saturated rings. The second-order valence-corrected chi connectivity index (χ2v) is 8.74. The second kappa shape index (κ2) is 8.48. The van der Waals surface area contributed by atoms with Crippen molar-refractivity contribution in [1.82, 2.24) is 14.8 Å². The Bertz CT molecular complexity index is 1180. The van der Waals surface area contributed by atoms with Crippen molar-refractivity contribution in [2.24, 2.45) is 0 Å². The first-order valence-electron chi connectivity index (χ1n) is 10.8. The van der Waals surface area contributed by atoms with Gasteiger partial charge in [-0.3, -0.25) is 9.69 Å². The van der Waals surface area contributed by atoms with E-state index in [9.17, 15) is 14.7 Å². The zero-order chi connectivity index (χ0) is 22.2. The molecule has 1 saturated heterocycles. The molecule has 2 aliphatic rings. The summed E-state index contributed by atoms with van der Waals surface area (Å²) in [6, 6.07) is 12.2. The molecule has 7 nitrogen and oxygen atoms in total. The molecule has 2 aromatic carbocycles. The maximum atomic E-state index is 12.9. The van der Waals surface area contributed by atoms with Crippen molar-refractivity contribution in [2.45, 2.75) is 18.9 Å². The Hall–Kier alpha value is -3.03. The Balaban J connectivity index is 1.12. The van der Waals surface area contributed by atoms with E-state index < -0.39 is 0 Å². The number of benzene rings is 2. The molecular weight excluding hydrogens is 430 g/mol. The molecule has 1 atom stereocenters. The number of amides is 1. The number of cyclic esters (lactones) is 1. The Morgan fingerprint density at radius 3 is 2.75 bits per heavy atom. The lowest BCUT2D eigenvalue weighted by Gasteiger charge is -2.34. The van der Waals surface area contributed by atoms with E-state index in [1.807, 2.05) is 23.1 Å². The van der Waals surface area contributed by atoms with E-state index in [-0.39, 0.29) is 23.7 Å². The second-order valence-electron chi connectivity index (χ2n) is 8.33. The average Bonchev–Trinajstić information content (AvgIpc) is 3.36. The number of aromatic hydroxyl groups is 1. The van der Waals surface area contributed by atoms with Gasteiger partial charge in [-0.05, 0) is 49.7 Å². The number of aromatic nitrogens is 1. The number of phenols is 1. The van der Waals surface area contributed by atoms with Crippen LogP contribution in [-0.2, 0) is 4.74 Å². The van der Waals surface area contributed by atoms with Gasteiger partial charge in [-0.2, -0.15) is 0 Å². The molecule has 0 aliphatic carbocycles. The van der Waals surface area contributed by atoms with Gasteiger partial charge in [-0.15, -0.1) is 0 Å². The van der Waals surface area contributed by atoms with Crippen molar-refractivity contribution in [3.63, 3.8) is 0 Å². The van der Waals surface area contributed by atoms with Crippen LogP contribution in [0.5, 0.6) is 5.75 Å². The largest absolute Gasteiger partial charge is 0.508 e. The zero-order valence-corrected chi connectivity index (χ0v) is 18.3. The summed E-state index contributed by atoms with van der Waals surface area (Å²) in [5.74, 6) is -0.188. The standard InChI is InChI=1S/C24H24ClN3O4/c25-19-4-1-3-15-13-20(26-22(15)19)23(30)28-11-9-27(10-12-28)8-2-5-21-18-14-16(29)6-7-17(18)24(31)32-21/h1,3-4,6-7,13-14,21,26,29H,2,5,8-12H2. The first-order valence-corrected chi connectivity index (χ1v) is 11.2. The fourth-order valence-corrected chi connectivity index (χ4v) is 4.78. The number of aromatic amines is 1. The van der Waals surface area contributed by atoms with Gasteiger partial charge in [0.15, 0.2) is 0 Å². The quantitative estimate of drug-likeness (QED) is 0.571. The van der Waals surface area contributed by atoms with E-state index in [2.05, 4.69) is 9.88 Å². The lowest BCUT2D eigenvalue weighted by Crippen LogP contribution is -2.48. The summed E-state index contributed by atoms with van der Waals surface area (Å²) in [5.41, 5.74) is 2.66. The maximum absolute atomic E-state index is 12.9. The summed E-state index contributed by atoms with van der Waals surface area (Å²) in [7, 11) is 0. The number of piperazine rings is 1. The molecule has 1 aromatic heterocycles. The van der Waals surface area contributed by atoms with Gasteiger partial charge in [0, 0.05) is 37.1 Å². The van der Waals surface area contributed by atoms with Gasteiger partial charge in [0.2, 0.25) is 0 Å². The summed E-state index contributed by atoms with van der Waals surface area (Å²) in [6.07, 6.45) is 1.26. The number of hydrogen-bond donors (Lipinski definition) is 2. The Morgan fingerprint density at radius 1 is 1.16 bits per heavy atom. The smallest absolute Gasteiger partial charge is 0.339 e. The number of rotatable bonds is 5. The highest BCUT2D eigenvalue weighted by Crippen LogP contribution is 2.35. The van der Waals surface area contributed by atoms with Crippen LogP contribution in [0.3, 0.4) is 0 Å². The van der Waals surface area contributed by atoms with Crippen molar-refractivity contribution in [1.29, 1.82) is 0 Å². The average molecular weight is 454 g/mol. The number of halogens is 1. The molecule has 3 aromatic rings. The number of carbonyl (C=O) groups is 2. The number of fused-ring (bicyclic) bond motifs is 2. The molecule has 3 heterocycles. The third-order valence-corrected chi connectivity index (χ3v) is 6.60. The highest BCUT2D eigenvalue weighted by atomic mass is 35.5. The van der Waals surface area contributed by atoms with E-state index in [1.54, 1.807) is 18.2 Å². The zero-order valence-electron chi connectivity index (χ0n) is 17.5. The van der Waals surface area contributed by atoms with Crippen LogP contribution in [0, 0.1) is 0 Å². The molecule has 166 valence electrons. The molecule has 2 aliphatic heterocycles. The van der Waals surface area contributed by atoms with E-state index in [1.165, 1.54) is 6.07 Å². The van der Waals surface area contributed by atoms with E-state index in [4.69, 9.17) is 16.3 Å². The first-order chi connectivity index (χ1) is 15.5. The van der Waals surface area contributed by atoms with Crippen LogP contribution in [0.15, 0.2) is 42.5 Å². The number of para-hydroxylation sites is 1. The van der Waals surface area contributed by atoms with Crippen LogP contribution in [0.25, 0.3) is 10.9 Å². The third-order valence-electron chi connectivity index (χ3n) is 6.29. The summed E-state index contributed by atoms with van der Waals surface area (Å²) in [6.45, 7) is 3.80. The van der Waals surface area contributed by atoms with Gasteiger partial charge in [0.1, 0.15) is 17.5 Å². The first kappa shape index (κ1) is 20.8. The maximum Gasteiger partial charge on any atom is 0.339 e. The molecule has 5 rings (SSSR count). The van der Waals surface area contributed by atoms with Gasteiger partial charge in [-0.25, -0.2) is 4.79 Å². The number of H-pyrrole nitrogens is 1. The Kier molecular flexibility index (Phi) is 5.53. The summed E-state index contributed by atoms with van der Waals surface area (Å²) >= 11 is 6.22. The SMILES string of the molecule is O=C1OC(CCCN2CCN(C(=O)c3cc4cccc(Cl)c4[nH]3)CC2)c2cc(O)ccc21. The molecule has 1 unspecified atom stereocenters. The molecule has 8 heteroatoms. The molecule has 1 amide bonds. The number of carbonyl (C=O) groups excluding carboxylic acids is 2. The number of ether oxygens (including phenoxy) is 1.